The number of rotatable bonds is 3. The normalized spacial score (nSPS) is 9.83. The van der Waals surface area contributed by atoms with Crippen molar-refractivity contribution in [1.82, 2.24) is 0 Å². The van der Waals surface area contributed by atoms with Crippen LogP contribution >= 0.6 is 15.9 Å². The molecule has 90 valence electrons. The molecular formula is C14H10BrFN2. The summed E-state index contributed by atoms with van der Waals surface area (Å²) in [6.07, 6.45) is 0. The maximum Gasteiger partial charge on any atom is 0.123 e. The Morgan fingerprint density at radius 2 is 1.89 bits per heavy atom. The molecule has 0 fully saturated rings. The molecule has 0 aliphatic carbocycles. The van der Waals surface area contributed by atoms with Gasteiger partial charge in [0, 0.05) is 16.7 Å². The van der Waals surface area contributed by atoms with E-state index in [1.807, 2.05) is 12.1 Å². The van der Waals surface area contributed by atoms with Crippen molar-refractivity contribution in [3.8, 4) is 6.07 Å². The molecule has 18 heavy (non-hydrogen) atoms. The maximum absolute atomic E-state index is 12.7. The molecule has 4 heteroatoms. The third kappa shape index (κ3) is 3.08. The third-order valence-electron chi connectivity index (χ3n) is 2.50. The Labute approximate surface area is 113 Å². The highest BCUT2D eigenvalue weighted by Crippen LogP contribution is 2.21. The number of nitrogens with one attached hydrogen (secondary N) is 1. The fourth-order valence-electron chi connectivity index (χ4n) is 1.52. The first kappa shape index (κ1) is 12.6. The SMILES string of the molecule is N#Cc1ccc(NCc2ccc(F)cc2)cc1Br. The Morgan fingerprint density at radius 1 is 1.17 bits per heavy atom. The molecule has 2 nitrogen and oxygen atoms in total. The topological polar surface area (TPSA) is 35.8 Å². The largest absolute Gasteiger partial charge is 0.381 e. The van der Waals surface area contributed by atoms with E-state index in [9.17, 15) is 4.39 Å². The molecule has 2 aromatic carbocycles. The van der Waals surface area contributed by atoms with Crippen LogP contribution in [0.2, 0.25) is 0 Å². The molecule has 1 N–H and O–H groups in total. The zero-order chi connectivity index (χ0) is 13.0. The Hall–Kier alpha value is -1.86. The summed E-state index contributed by atoms with van der Waals surface area (Å²) in [5.41, 5.74) is 2.50. The lowest BCUT2D eigenvalue weighted by Crippen LogP contribution is -1.99. The average Bonchev–Trinajstić information content (AvgIpc) is 2.38. The lowest BCUT2D eigenvalue weighted by Gasteiger charge is -2.07. The second kappa shape index (κ2) is 5.65. The Kier molecular flexibility index (Phi) is 3.96. The van der Waals surface area contributed by atoms with E-state index < -0.39 is 0 Å². The summed E-state index contributed by atoms with van der Waals surface area (Å²) in [5.74, 6) is -0.236. The van der Waals surface area contributed by atoms with Crippen LogP contribution in [0.3, 0.4) is 0 Å². The van der Waals surface area contributed by atoms with Gasteiger partial charge >= 0.3 is 0 Å². The van der Waals surface area contributed by atoms with Crippen molar-refractivity contribution in [2.75, 3.05) is 5.32 Å². The van der Waals surface area contributed by atoms with E-state index in [-0.39, 0.29) is 5.82 Å². The molecule has 2 rings (SSSR count). The van der Waals surface area contributed by atoms with Crippen LogP contribution in [-0.4, -0.2) is 0 Å². The van der Waals surface area contributed by atoms with Gasteiger partial charge in [-0.3, -0.25) is 0 Å². The highest BCUT2D eigenvalue weighted by molar-refractivity contribution is 9.10. The van der Waals surface area contributed by atoms with Crippen LogP contribution in [0, 0.1) is 17.1 Å². The van der Waals surface area contributed by atoms with Gasteiger partial charge in [0.15, 0.2) is 0 Å². The van der Waals surface area contributed by atoms with Gasteiger partial charge in [-0.2, -0.15) is 5.26 Å². The monoisotopic (exact) mass is 304 g/mol. The summed E-state index contributed by atoms with van der Waals surface area (Å²) < 4.78 is 13.5. The van der Waals surface area contributed by atoms with Gasteiger partial charge in [0.2, 0.25) is 0 Å². The number of hydrogen-bond donors (Lipinski definition) is 1. The first-order valence-electron chi connectivity index (χ1n) is 5.37. The van der Waals surface area contributed by atoms with Crippen molar-refractivity contribution >= 4 is 21.6 Å². The molecule has 0 amide bonds. The number of benzene rings is 2. The standard InChI is InChI=1S/C14H10BrFN2/c15-14-7-13(6-3-11(14)8-17)18-9-10-1-4-12(16)5-2-10/h1-7,18H,9H2. The Balaban J connectivity index is 2.04. The molecule has 0 atom stereocenters. The Morgan fingerprint density at radius 3 is 2.50 bits per heavy atom. The number of hydrogen-bond acceptors (Lipinski definition) is 2. The molecule has 0 spiro atoms. The molecule has 0 saturated heterocycles. The molecule has 0 bridgehead atoms. The fourth-order valence-corrected chi connectivity index (χ4v) is 1.99. The van der Waals surface area contributed by atoms with E-state index in [0.717, 1.165) is 15.7 Å². The van der Waals surface area contributed by atoms with E-state index >= 15 is 0 Å². The van der Waals surface area contributed by atoms with Crippen molar-refractivity contribution in [3.63, 3.8) is 0 Å². The van der Waals surface area contributed by atoms with Crippen molar-refractivity contribution in [3.05, 3.63) is 63.9 Å². The summed E-state index contributed by atoms with van der Waals surface area (Å²) in [6, 6.07) is 13.9. The number of nitrogens with zero attached hydrogens (tertiary/aromatic N) is 1. The highest BCUT2D eigenvalue weighted by atomic mass is 79.9. The second-order valence-electron chi connectivity index (χ2n) is 3.79. The van der Waals surface area contributed by atoms with Crippen molar-refractivity contribution in [2.45, 2.75) is 6.54 Å². The van der Waals surface area contributed by atoms with Crippen LogP contribution in [0.5, 0.6) is 0 Å². The Bertz CT molecular complexity index is 588. The van der Waals surface area contributed by atoms with Gasteiger partial charge in [-0.15, -0.1) is 0 Å². The number of anilines is 1. The number of halogens is 2. The molecule has 0 aliphatic rings. The fraction of sp³-hybridized carbons (Fsp3) is 0.0714. The lowest BCUT2D eigenvalue weighted by molar-refractivity contribution is 0.627. The van der Waals surface area contributed by atoms with E-state index in [1.54, 1.807) is 18.2 Å². The lowest BCUT2D eigenvalue weighted by atomic mass is 10.2. The summed E-state index contributed by atoms with van der Waals surface area (Å²) in [5, 5.41) is 12.0. The predicted molar refractivity (Wildman–Crippen MR) is 72.6 cm³/mol. The second-order valence-corrected chi connectivity index (χ2v) is 4.64. The summed E-state index contributed by atoms with van der Waals surface area (Å²) in [6.45, 7) is 0.610. The molecule has 0 saturated carbocycles. The minimum absolute atomic E-state index is 0.236. The van der Waals surface area contributed by atoms with E-state index in [2.05, 4.69) is 27.3 Å². The molecule has 2 aromatic rings. The van der Waals surface area contributed by atoms with Gasteiger partial charge in [-0.25, -0.2) is 4.39 Å². The zero-order valence-electron chi connectivity index (χ0n) is 9.45. The molecule has 0 unspecified atom stereocenters. The first-order valence-corrected chi connectivity index (χ1v) is 6.16. The molecular weight excluding hydrogens is 295 g/mol. The van der Waals surface area contributed by atoms with Gasteiger partial charge in [-0.05, 0) is 51.8 Å². The van der Waals surface area contributed by atoms with Crippen molar-refractivity contribution in [2.24, 2.45) is 0 Å². The smallest absolute Gasteiger partial charge is 0.123 e. The predicted octanol–water partition coefficient (Wildman–Crippen LogP) is 4.07. The average molecular weight is 305 g/mol. The van der Waals surface area contributed by atoms with E-state index in [4.69, 9.17) is 5.26 Å². The van der Waals surface area contributed by atoms with Crippen molar-refractivity contribution in [1.29, 1.82) is 5.26 Å². The minimum Gasteiger partial charge on any atom is -0.381 e. The van der Waals surface area contributed by atoms with Crippen LogP contribution in [0.15, 0.2) is 46.9 Å². The van der Waals surface area contributed by atoms with Gasteiger partial charge in [0.05, 0.1) is 5.56 Å². The summed E-state index contributed by atoms with van der Waals surface area (Å²) in [4.78, 5) is 0. The van der Waals surface area contributed by atoms with Gasteiger partial charge in [0.25, 0.3) is 0 Å². The van der Waals surface area contributed by atoms with E-state index in [0.29, 0.717) is 12.1 Å². The van der Waals surface area contributed by atoms with Crippen molar-refractivity contribution < 1.29 is 4.39 Å². The molecule has 0 aliphatic heterocycles. The van der Waals surface area contributed by atoms with Crippen LogP contribution in [0.25, 0.3) is 0 Å². The van der Waals surface area contributed by atoms with Gasteiger partial charge in [-0.1, -0.05) is 12.1 Å². The summed E-state index contributed by atoms with van der Waals surface area (Å²) >= 11 is 3.33. The maximum atomic E-state index is 12.7. The molecule has 0 aromatic heterocycles. The first-order chi connectivity index (χ1) is 8.69. The minimum atomic E-state index is -0.236. The van der Waals surface area contributed by atoms with Gasteiger partial charge < -0.3 is 5.32 Å². The van der Waals surface area contributed by atoms with Gasteiger partial charge in [0.1, 0.15) is 11.9 Å². The molecule has 0 heterocycles. The van der Waals surface area contributed by atoms with Crippen LogP contribution in [0.1, 0.15) is 11.1 Å². The van der Waals surface area contributed by atoms with Crippen LogP contribution in [0.4, 0.5) is 10.1 Å². The summed E-state index contributed by atoms with van der Waals surface area (Å²) in [7, 11) is 0. The van der Waals surface area contributed by atoms with E-state index in [1.165, 1.54) is 12.1 Å². The third-order valence-corrected chi connectivity index (χ3v) is 3.16. The van der Waals surface area contributed by atoms with Crippen LogP contribution < -0.4 is 5.32 Å². The molecule has 0 radical (unpaired) electrons. The zero-order valence-corrected chi connectivity index (χ0v) is 11.0. The quantitative estimate of drug-likeness (QED) is 0.927. The highest BCUT2D eigenvalue weighted by Gasteiger charge is 2.00. The van der Waals surface area contributed by atoms with Crippen LogP contribution in [-0.2, 0) is 6.54 Å². The number of nitriles is 1.